The van der Waals surface area contributed by atoms with Gasteiger partial charge in [0.05, 0.1) is 7.11 Å². The number of hydrazine groups is 1. The molecule has 2 aromatic rings. The highest BCUT2D eigenvalue weighted by Crippen LogP contribution is 2.18. The van der Waals surface area contributed by atoms with Crippen molar-refractivity contribution in [3.05, 3.63) is 65.5 Å². The van der Waals surface area contributed by atoms with Gasteiger partial charge in [-0.2, -0.15) is 0 Å². The zero-order valence-electron chi connectivity index (χ0n) is 13.8. The quantitative estimate of drug-likeness (QED) is 0.545. The van der Waals surface area contributed by atoms with Crippen LogP contribution in [0.5, 0.6) is 5.75 Å². The number of amides is 1. The summed E-state index contributed by atoms with van der Waals surface area (Å²) >= 11 is 5.08. The second-order valence-electron chi connectivity index (χ2n) is 5.29. The Hall–Kier alpha value is -2.67. The number of methoxy groups -OCH3 is 1. The molecular weight excluding hydrogens is 341 g/mol. The molecule has 5 nitrogen and oxygen atoms in total. The van der Waals surface area contributed by atoms with E-state index in [-0.39, 0.29) is 16.8 Å². The van der Waals surface area contributed by atoms with Crippen LogP contribution in [0.4, 0.5) is 4.39 Å². The van der Waals surface area contributed by atoms with Crippen LogP contribution >= 0.6 is 12.2 Å². The van der Waals surface area contributed by atoms with Gasteiger partial charge < -0.3 is 10.1 Å². The first-order valence-corrected chi connectivity index (χ1v) is 8.18. The lowest BCUT2D eigenvalue weighted by molar-refractivity contribution is -0.121. The molecule has 0 saturated heterocycles. The Morgan fingerprint density at radius 1 is 1.12 bits per heavy atom. The van der Waals surface area contributed by atoms with Crippen LogP contribution in [0.3, 0.4) is 0 Å². The molecule has 0 heterocycles. The summed E-state index contributed by atoms with van der Waals surface area (Å²) in [5, 5.41) is 3.22. The first kappa shape index (κ1) is 18.7. The Labute approximate surface area is 151 Å². The van der Waals surface area contributed by atoms with Gasteiger partial charge in [0.2, 0.25) is 5.91 Å². The van der Waals surface area contributed by atoms with Crippen LogP contribution in [0, 0.1) is 5.82 Å². The Morgan fingerprint density at radius 3 is 2.56 bits per heavy atom. The summed E-state index contributed by atoms with van der Waals surface area (Å²) in [4.78, 5) is 11.9. The number of para-hydroxylation sites is 1. The number of aryl methyl sites for hydroxylation is 1. The van der Waals surface area contributed by atoms with Crippen LogP contribution in [-0.2, 0) is 17.8 Å². The highest BCUT2D eigenvalue weighted by molar-refractivity contribution is 7.80. The molecule has 0 aliphatic heterocycles. The van der Waals surface area contributed by atoms with E-state index in [0.29, 0.717) is 19.4 Å². The fourth-order valence-corrected chi connectivity index (χ4v) is 2.30. The van der Waals surface area contributed by atoms with Crippen LogP contribution in [-0.4, -0.2) is 18.1 Å². The predicted octanol–water partition coefficient (Wildman–Crippen LogP) is 2.46. The molecule has 0 bridgehead atoms. The fraction of sp³-hybridized carbons (Fsp3) is 0.222. The van der Waals surface area contributed by atoms with E-state index in [1.165, 1.54) is 12.1 Å². The van der Waals surface area contributed by atoms with Crippen molar-refractivity contribution in [1.29, 1.82) is 0 Å². The van der Waals surface area contributed by atoms with E-state index in [0.717, 1.165) is 16.9 Å². The summed E-state index contributed by atoms with van der Waals surface area (Å²) in [7, 11) is 1.60. The van der Waals surface area contributed by atoms with Crippen molar-refractivity contribution in [3.63, 3.8) is 0 Å². The van der Waals surface area contributed by atoms with Gasteiger partial charge in [-0.25, -0.2) is 4.39 Å². The van der Waals surface area contributed by atoms with Gasteiger partial charge in [0.25, 0.3) is 0 Å². The summed E-state index contributed by atoms with van der Waals surface area (Å²) in [6, 6.07) is 13.7. The minimum Gasteiger partial charge on any atom is -0.496 e. The van der Waals surface area contributed by atoms with Crippen molar-refractivity contribution in [3.8, 4) is 5.75 Å². The number of carbonyl (C=O) groups excluding carboxylic acids is 1. The highest BCUT2D eigenvalue weighted by Gasteiger charge is 2.06. The van der Waals surface area contributed by atoms with E-state index in [9.17, 15) is 9.18 Å². The maximum atomic E-state index is 12.8. The van der Waals surface area contributed by atoms with E-state index in [1.54, 1.807) is 19.2 Å². The molecule has 0 aliphatic carbocycles. The summed E-state index contributed by atoms with van der Waals surface area (Å²) in [5.74, 6) is 0.295. The zero-order valence-corrected chi connectivity index (χ0v) is 14.7. The van der Waals surface area contributed by atoms with Gasteiger partial charge in [-0.15, -0.1) is 0 Å². The molecule has 0 aliphatic rings. The van der Waals surface area contributed by atoms with Crippen molar-refractivity contribution in [2.24, 2.45) is 0 Å². The van der Waals surface area contributed by atoms with Crippen LogP contribution in [0.25, 0.3) is 0 Å². The minimum atomic E-state index is -0.285. The molecule has 0 saturated carbocycles. The highest BCUT2D eigenvalue weighted by atomic mass is 32.1. The van der Waals surface area contributed by atoms with E-state index < -0.39 is 0 Å². The lowest BCUT2D eigenvalue weighted by Gasteiger charge is -2.12. The number of carbonyl (C=O) groups is 1. The average Bonchev–Trinajstić information content (AvgIpc) is 2.64. The van der Waals surface area contributed by atoms with Crippen LogP contribution in [0.15, 0.2) is 48.5 Å². The summed E-state index contributed by atoms with van der Waals surface area (Å²) in [5.41, 5.74) is 7.04. The molecule has 0 atom stereocenters. The normalized spacial score (nSPS) is 10.0. The second kappa shape index (κ2) is 9.58. The van der Waals surface area contributed by atoms with Gasteiger partial charge in [0.1, 0.15) is 11.6 Å². The van der Waals surface area contributed by atoms with Gasteiger partial charge in [-0.1, -0.05) is 30.3 Å². The van der Waals surface area contributed by atoms with Crippen molar-refractivity contribution >= 4 is 23.2 Å². The average molecular weight is 361 g/mol. The maximum Gasteiger partial charge on any atom is 0.238 e. The van der Waals surface area contributed by atoms with Gasteiger partial charge in [0.15, 0.2) is 5.11 Å². The molecule has 0 unspecified atom stereocenters. The third-order valence-corrected chi connectivity index (χ3v) is 3.74. The van der Waals surface area contributed by atoms with Crippen LogP contribution in [0.2, 0.25) is 0 Å². The molecule has 1 amide bonds. The summed E-state index contributed by atoms with van der Waals surface area (Å²) in [6.07, 6.45) is 0.862. The fourth-order valence-electron chi connectivity index (χ4n) is 2.18. The molecule has 25 heavy (non-hydrogen) atoms. The lowest BCUT2D eigenvalue weighted by Crippen LogP contribution is -2.46. The van der Waals surface area contributed by atoms with E-state index in [1.807, 2.05) is 24.3 Å². The SMILES string of the molecule is COc1ccccc1CCC(=O)NNC(=S)NCc1ccc(F)cc1. The second-order valence-corrected chi connectivity index (χ2v) is 5.70. The first-order valence-electron chi connectivity index (χ1n) is 7.77. The summed E-state index contributed by atoms with van der Waals surface area (Å²) in [6.45, 7) is 0.434. The van der Waals surface area contributed by atoms with Gasteiger partial charge in [-0.3, -0.25) is 15.6 Å². The molecule has 3 N–H and O–H groups in total. The molecule has 132 valence electrons. The number of halogens is 1. The number of rotatable bonds is 6. The molecule has 7 heteroatoms. The monoisotopic (exact) mass is 361 g/mol. The standard InChI is InChI=1S/C18H20FN3O2S/c1-24-16-5-3-2-4-14(16)8-11-17(23)21-22-18(25)20-12-13-6-9-15(19)10-7-13/h2-7,9-10H,8,11-12H2,1H3,(H,21,23)(H2,20,22,25). The van der Waals surface area contributed by atoms with Gasteiger partial charge in [-0.05, 0) is 48.0 Å². The van der Waals surface area contributed by atoms with Gasteiger partial charge >= 0.3 is 0 Å². The van der Waals surface area contributed by atoms with Crippen LogP contribution in [0.1, 0.15) is 17.5 Å². The zero-order chi connectivity index (χ0) is 18.1. The number of thiocarbonyl (C=S) groups is 1. The molecule has 0 radical (unpaired) electrons. The molecular formula is C18H20FN3O2S. The largest absolute Gasteiger partial charge is 0.496 e. The van der Waals surface area contributed by atoms with E-state index >= 15 is 0 Å². The number of hydrogen-bond acceptors (Lipinski definition) is 3. The Bertz CT molecular complexity index is 723. The smallest absolute Gasteiger partial charge is 0.238 e. The minimum absolute atomic E-state index is 0.183. The van der Waals surface area contributed by atoms with Crippen molar-refractivity contribution < 1.29 is 13.9 Å². The van der Waals surface area contributed by atoms with E-state index in [4.69, 9.17) is 17.0 Å². The van der Waals surface area contributed by atoms with Gasteiger partial charge in [0, 0.05) is 13.0 Å². The van der Waals surface area contributed by atoms with E-state index in [2.05, 4.69) is 16.2 Å². The number of ether oxygens (including phenoxy) is 1. The molecule has 2 aromatic carbocycles. The first-order chi connectivity index (χ1) is 12.1. The molecule has 0 spiro atoms. The third kappa shape index (κ3) is 6.39. The molecule has 0 fully saturated rings. The van der Waals surface area contributed by atoms with Crippen molar-refractivity contribution in [2.75, 3.05) is 7.11 Å². The number of benzene rings is 2. The number of nitrogens with one attached hydrogen (secondary N) is 3. The van der Waals surface area contributed by atoms with Crippen LogP contribution < -0.4 is 20.9 Å². The topological polar surface area (TPSA) is 62.4 Å². The Morgan fingerprint density at radius 2 is 1.84 bits per heavy atom. The Kier molecular flexibility index (Phi) is 7.16. The number of hydrogen-bond donors (Lipinski definition) is 3. The third-order valence-electron chi connectivity index (χ3n) is 3.50. The maximum absolute atomic E-state index is 12.8. The summed E-state index contributed by atoms with van der Waals surface area (Å²) < 4.78 is 18.1. The Balaban J connectivity index is 1.68. The van der Waals surface area contributed by atoms with Crippen molar-refractivity contribution in [2.45, 2.75) is 19.4 Å². The predicted molar refractivity (Wildman–Crippen MR) is 98.4 cm³/mol. The molecule has 0 aromatic heterocycles. The van der Waals surface area contributed by atoms with Crippen molar-refractivity contribution in [1.82, 2.24) is 16.2 Å². The lowest BCUT2D eigenvalue weighted by atomic mass is 10.1. The molecule has 2 rings (SSSR count).